The number of rotatable bonds is 5. The van der Waals surface area contributed by atoms with Crippen molar-refractivity contribution in [1.82, 2.24) is 0 Å². The van der Waals surface area contributed by atoms with Crippen molar-refractivity contribution in [3.8, 4) is 0 Å². The fourth-order valence-corrected chi connectivity index (χ4v) is 2.34. The van der Waals surface area contributed by atoms with Gasteiger partial charge in [-0.05, 0) is 24.8 Å². The van der Waals surface area contributed by atoms with E-state index in [-0.39, 0.29) is 0 Å². The quantitative estimate of drug-likeness (QED) is 0.652. The molecule has 0 fully saturated rings. The van der Waals surface area contributed by atoms with Crippen LogP contribution in [0.15, 0.2) is 35.3 Å². The molecule has 1 nitrogen and oxygen atoms in total. The first kappa shape index (κ1) is 11.4. The van der Waals surface area contributed by atoms with E-state index < -0.39 is 0 Å². The van der Waals surface area contributed by atoms with E-state index in [1.165, 1.54) is 49.8 Å². The highest BCUT2D eigenvalue weighted by atomic mass is 14.8. The first-order valence-corrected chi connectivity index (χ1v) is 6.52. The standard InChI is InChI=1S/C15H21N/c1-2-3-5-10-14-11-12-15(16-14)13-8-6-4-7-9-13/h4,6-9,14H,2-3,5,10-12H2,1H3. The average Bonchev–Trinajstić information content (AvgIpc) is 2.79. The number of hydrogen-bond donors (Lipinski definition) is 0. The predicted molar refractivity (Wildman–Crippen MR) is 70.1 cm³/mol. The summed E-state index contributed by atoms with van der Waals surface area (Å²) in [5.41, 5.74) is 2.64. The molecule has 0 aliphatic carbocycles. The second-order valence-electron chi connectivity index (χ2n) is 4.63. The molecule has 0 aromatic heterocycles. The van der Waals surface area contributed by atoms with Crippen LogP contribution in [0.3, 0.4) is 0 Å². The molecule has 1 aliphatic rings. The van der Waals surface area contributed by atoms with Crippen molar-refractivity contribution in [1.29, 1.82) is 0 Å². The molecule has 0 amide bonds. The van der Waals surface area contributed by atoms with Gasteiger partial charge in [0.05, 0.1) is 6.04 Å². The maximum atomic E-state index is 4.85. The summed E-state index contributed by atoms with van der Waals surface area (Å²) in [6, 6.07) is 11.2. The molecule has 2 rings (SSSR count). The molecule has 1 aliphatic heterocycles. The molecular weight excluding hydrogens is 194 g/mol. The van der Waals surface area contributed by atoms with Gasteiger partial charge < -0.3 is 0 Å². The average molecular weight is 215 g/mol. The largest absolute Gasteiger partial charge is 0.286 e. The highest BCUT2D eigenvalue weighted by Gasteiger charge is 2.17. The number of nitrogens with zero attached hydrogens (tertiary/aromatic N) is 1. The molecular formula is C15H21N. The Morgan fingerprint density at radius 1 is 1.19 bits per heavy atom. The summed E-state index contributed by atoms with van der Waals surface area (Å²) in [5, 5.41) is 0. The van der Waals surface area contributed by atoms with Gasteiger partial charge in [0.15, 0.2) is 0 Å². The fraction of sp³-hybridized carbons (Fsp3) is 0.533. The Morgan fingerprint density at radius 2 is 2.00 bits per heavy atom. The minimum absolute atomic E-state index is 0.599. The predicted octanol–water partition coefficient (Wildman–Crippen LogP) is 4.22. The zero-order valence-electron chi connectivity index (χ0n) is 10.2. The Kier molecular flexibility index (Phi) is 4.15. The molecule has 1 atom stereocenters. The highest BCUT2D eigenvalue weighted by Crippen LogP contribution is 2.22. The van der Waals surface area contributed by atoms with E-state index in [1.807, 2.05) is 0 Å². The topological polar surface area (TPSA) is 12.4 Å². The minimum atomic E-state index is 0.599. The zero-order chi connectivity index (χ0) is 11.2. The number of hydrogen-bond acceptors (Lipinski definition) is 1. The van der Waals surface area contributed by atoms with E-state index in [0.717, 1.165) is 0 Å². The van der Waals surface area contributed by atoms with E-state index >= 15 is 0 Å². The SMILES string of the molecule is CCCCCC1CCC(c2ccccc2)=N1. The van der Waals surface area contributed by atoms with Crippen LogP contribution in [-0.2, 0) is 0 Å². The van der Waals surface area contributed by atoms with E-state index in [0.29, 0.717) is 6.04 Å². The van der Waals surface area contributed by atoms with Crippen molar-refractivity contribution in [2.75, 3.05) is 0 Å². The van der Waals surface area contributed by atoms with Gasteiger partial charge in [0.25, 0.3) is 0 Å². The molecule has 1 heteroatoms. The van der Waals surface area contributed by atoms with Gasteiger partial charge in [-0.15, -0.1) is 0 Å². The van der Waals surface area contributed by atoms with Crippen LogP contribution < -0.4 is 0 Å². The van der Waals surface area contributed by atoms with Crippen LogP contribution in [0, 0.1) is 0 Å². The van der Waals surface area contributed by atoms with Crippen LogP contribution >= 0.6 is 0 Å². The molecule has 0 saturated carbocycles. The normalized spacial score (nSPS) is 19.8. The van der Waals surface area contributed by atoms with E-state index in [1.54, 1.807) is 0 Å². The van der Waals surface area contributed by atoms with Gasteiger partial charge in [-0.3, -0.25) is 4.99 Å². The number of unbranched alkanes of at least 4 members (excludes halogenated alkanes) is 2. The first-order valence-electron chi connectivity index (χ1n) is 6.52. The first-order chi connectivity index (χ1) is 7.90. The van der Waals surface area contributed by atoms with Crippen LogP contribution in [-0.4, -0.2) is 11.8 Å². The lowest BCUT2D eigenvalue weighted by Crippen LogP contribution is -1.98. The highest BCUT2D eigenvalue weighted by molar-refractivity contribution is 6.01. The van der Waals surface area contributed by atoms with Crippen LogP contribution in [0.4, 0.5) is 0 Å². The van der Waals surface area contributed by atoms with Gasteiger partial charge in [0, 0.05) is 5.71 Å². The Labute approximate surface area is 98.6 Å². The summed E-state index contributed by atoms with van der Waals surface area (Å²) in [7, 11) is 0. The van der Waals surface area contributed by atoms with Gasteiger partial charge in [0.2, 0.25) is 0 Å². The van der Waals surface area contributed by atoms with Crippen molar-refractivity contribution in [2.24, 2.45) is 4.99 Å². The van der Waals surface area contributed by atoms with Gasteiger partial charge in [-0.1, -0.05) is 56.5 Å². The third-order valence-electron chi connectivity index (χ3n) is 3.30. The fourth-order valence-electron chi connectivity index (χ4n) is 2.34. The third-order valence-corrected chi connectivity index (χ3v) is 3.30. The lowest BCUT2D eigenvalue weighted by atomic mass is 10.0. The Morgan fingerprint density at radius 3 is 2.75 bits per heavy atom. The molecule has 86 valence electrons. The maximum absolute atomic E-state index is 4.85. The van der Waals surface area contributed by atoms with Crippen molar-refractivity contribution in [3.63, 3.8) is 0 Å². The zero-order valence-corrected chi connectivity index (χ0v) is 10.2. The van der Waals surface area contributed by atoms with Crippen LogP contribution in [0.5, 0.6) is 0 Å². The maximum Gasteiger partial charge on any atom is 0.0506 e. The Balaban J connectivity index is 1.91. The molecule has 16 heavy (non-hydrogen) atoms. The van der Waals surface area contributed by atoms with E-state index in [4.69, 9.17) is 4.99 Å². The lowest BCUT2D eigenvalue weighted by Gasteiger charge is -2.04. The monoisotopic (exact) mass is 215 g/mol. The molecule has 0 N–H and O–H groups in total. The van der Waals surface area contributed by atoms with Gasteiger partial charge in [-0.25, -0.2) is 0 Å². The van der Waals surface area contributed by atoms with Crippen molar-refractivity contribution >= 4 is 5.71 Å². The molecule has 0 bridgehead atoms. The Bertz CT molecular complexity index is 340. The molecule has 1 aromatic rings. The summed E-state index contributed by atoms with van der Waals surface area (Å²) >= 11 is 0. The number of benzene rings is 1. The molecule has 0 radical (unpaired) electrons. The van der Waals surface area contributed by atoms with Crippen molar-refractivity contribution in [3.05, 3.63) is 35.9 Å². The third kappa shape index (κ3) is 2.94. The number of aliphatic imine (C=N–C) groups is 1. The second kappa shape index (κ2) is 5.83. The molecule has 1 unspecified atom stereocenters. The van der Waals surface area contributed by atoms with E-state index in [2.05, 4.69) is 37.3 Å². The minimum Gasteiger partial charge on any atom is -0.286 e. The lowest BCUT2D eigenvalue weighted by molar-refractivity contribution is 0.560. The van der Waals surface area contributed by atoms with Crippen molar-refractivity contribution < 1.29 is 0 Å². The smallest absolute Gasteiger partial charge is 0.0506 e. The molecule has 1 aromatic carbocycles. The van der Waals surface area contributed by atoms with Crippen molar-refractivity contribution in [2.45, 2.75) is 51.5 Å². The molecule has 0 saturated heterocycles. The van der Waals surface area contributed by atoms with Crippen LogP contribution in [0.25, 0.3) is 0 Å². The molecule has 1 heterocycles. The van der Waals surface area contributed by atoms with E-state index in [9.17, 15) is 0 Å². The Hall–Kier alpha value is -1.11. The summed E-state index contributed by atoms with van der Waals surface area (Å²) in [5.74, 6) is 0. The summed E-state index contributed by atoms with van der Waals surface area (Å²) in [4.78, 5) is 4.85. The van der Waals surface area contributed by atoms with Gasteiger partial charge >= 0.3 is 0 Å². The summed E-state index contributed by atoms with van der Waals surface area (Å²) in [6.45, 7) is 2.26. The van der Waals surface area contributed by atoms with Gasteiger partial charge in [0.1, 0.15) is 0 Å². The van der Waals surface area contributed by atoms with Gasteiger partial charge in [-0.2, -0.15) is 0 Å². The second-order valence-corrected chi connectivity index (χ2v) is 4.63. The molecule has 0 spiro atoms. The van der Waals surface area contributed by atoms with Crippen LogP contribution in [0.2, 0.25) is 0 Å². The summed E-state index contributed by atoms with van der Waals surface area (Å²) in [6.07, 6.45) is 7.71. The summed E-state index contributed by atoms with van der Waals surface area (Å²) < 4.78 is 0. The van der Waals surface area contributed by atoms with Crippen LogP contribution in [0.1, 0.15) is 51.0 Å².